The number of benzene rings is 2. The summed E-state index contributed by atoms with van der Waals surface area (Å²) in [6.07, 6.45) is -9.28. The van der Waals surface area contributed by atoms with E-state index in [1.165, 1.54) is 0 Å². The Balaban J connectivity index is 1.89. The third kappa shape index (κ3) is 6.58. The van der Waals surface area contributed by atoms with E-state index in [2.05, 4.69) is 15.5 Å². The topological polar surface area (TPSA) is 79.6 Å². The van der Waals surface area contributed by atoms with E-state index in [9.17, 15) is 40.0 Å². The highest BCUT2D eigenvalue weighted by Crippen LogP contribution is 2.39. The number of halogens is 6. The molecule has 1 fully saturated rings. The fourth-order valence-electron chi connectivity index (χ4n) is 3.69. The molecule has 0 aromatic heterocycles. The average molecular weight is 522 g/mol. The van der Waals surface area contributed by atoms with E-state index in [1.54, 1.807) is 30.3 Å². The van der Waals surface area contributed by atoms with Crippen molar-refractivity contribution in [3.63, 3.8) is 0 Å². The molecule has 6 nitrogen and oxygen atoms in total. The summed E-state index contributed by atoms with van der Waals surface area (Å²) >= 11 is 0. The molecule has 0 aliphatic carbocycles. The van der Waals surface area contributed by atoms with Crippen molar-refractivity contribution in [2.45, 2.75) is 35.5 Å². The molecule has 1 aliphatic heterocycles. The molecule has 13 heteroatoms. The van der Waals surface area contributed by atoms with Gasteiger partial charge >= 0.3 is 12.4 Å². The third-order valence-electron chi connectivity index (χ3n) is 5.44. The van der Waals surface area contributed by atoms with E-state index in [4.69, 9.17) is 0 Å². The maximum atomic E-state index is 13.3. The first-order valence-corrected chi connectivity index (χ1v) is 11.7. The molecule has 1 aliphatic rings. The Bertz CT molecular complexity index is 1170. The van der Waals surface area contributed by atoms with Crippen LogP contribution in [0.2, 0.25) is 0 Å². The van der Waals surface area contributed by atoms with Gasteiger partial charge in [-0.05, 0) is 30.5 Å². The lowest BCUT2D eigenvalue weighted by atomic mass is 9.74. The van der Waals surface area contributed by atoms with E-state index in [-0.39, 0.29) is 25.9 Å². The van der Waals surface area contributed by atoms with Gasteiger partial charge in [-0.15, -0.1) is 0 Å². The first kappa shape index (κ1) is 26.6. The zero-order chi connectivity index (χ0) is 25.9. The summed E-state index contributed by atoms with van der Waals surface area (Å²) in [5.74, 6) is -1.19. The Morgan fingerprint density at radius 1 is 0.914 bits per heavy atom. The van der Waals surface area contributed by atoms with Crippen molar-refractivity contribution >= 4 is 10.0 Å². The van der Waals surface area contributed by atoms with Crippen LogP contribution in [0.25, 0.3) is 0 Å². The minimum atomic E-state index is -4.78. The van der Waals surface area contributed by atoms with E-state index < -0.39 is 57.4 Å². The van der Waals surface area contributed by atoms with Crippen molar-refractivity contribution < 1.29 is 44.2 Å². The maximum absolute atomic E-state index is 13.3. The number of rotatable bonds is 7. The van der Waals surface area contributed by atoms with Crippen LogP contribution in [0.5, 0.6) is 11.5 Å². The first-order chi connectivity index (χ1) is 16.3. The van der Waals surface area contributed by atoms with Gasteiger partial charge in [0, 0.05) is 19.2 Å². The van der Waals surface area contributed by atoms with Crippen LogP contribution in [-0.2, 0) is 15.4 Å². The van der Waals surface area contributed by atoms with Crippen LogP contribution in [0.15, 0.2) is 53.4 Å². The number of ether oxygens (including phenoxy) is 2. The number of nitriles is 1. The lowest BCUT2D eigenvalue weighted by molar-refractivity contribution is -0.154. The van der Waals surface area contributed by atoms with Crippen molar-refractivity contribution in [3.05, 3.63) is 54.1 Å². The minimum absolute atomic E-state index is 0.107. The van der Waals surface area contributed by atoms with Crippen LogP contribution >= 0.6 is 0 Å². The third-order valence-corrected chi connectivity index (χ3v) is 7.36. The molecule has 2 aromatic rings. The Kier molecular flexibility index (Phi) is 7.56. The molecule has 0 amide bonds. The molecule has 2 aromatic carbocycles. The maximum Gasteiger partial charge on any atom is 0.422 e. The number of hydrogen-bond acceptors (Lipinski definition) is 5. The summed E-state index contributed by atoms with van der Waals surface area (Å²) < 4.78 is 112. The molecule has 190 valence electrons. The Morgan fingerprint density at radius 2 is 1.49 bits per heavy atom. The smallest absolute Gasteiger partial charge is 0.422 e. The lowest BCUT2D eigenvalue weighted by Crippen LogP contribution is -2.44. The molecule has 0 bridgehead atoms. The van der Waals surface area contributed by atoms with Gasteiger partial charge in [-0.3, -0.25) is 0 Å². The molecule has 35 heavy (non-hydrogen) atoms. The second-order valence-corrected chi connectivity index (χ2v) is 9.79. The summed E-state index contributed by atoms with van der Waals surface area (Å²) in [4.78, 5) is -0.759. The van der Waals surface area contributed by atoms with Gasteiger partial charge in [0.05, 0.1) is 11.5 Å². The normalized spacial score (nSPS) is 16.9. The quantitative estimate of drug-likeness (QED) is 0.488. The van der Waals surface area contributed by atoms with Gasteiger partial charge in [-0.25, -0.2) is 8.42 Å². The fourth-order valence-corrected chi connectivity index (χ4v) is 5.28. The molecule has 3 rings (SSSR count). The van der Waals surface area contributed by atoms with Crippen LogP contribution in [0.3, 0.4) is 0 Å². The molecule has 0 atom stereocenters. The summed E-state index contributed by atoms with van der Waals surface area (Å²) in [6.45, 7) is -3.81. The van der Waals surface area contributed by atoms with Gasteiger partial charge in [0.2, 0.25) is 10.0 Å². The van der Waals surface area contributed by atoms with E-state index in [0.29, 0.717) is 11.6 Å². The van der Waals surface area contributed by atoms with Crippen molar-refractivity contribution in [2.75, 3.05) is 26.3 Å². The summed E-state index contributed by atoms with van der Waals surface area (Å²) in [5.41, 5.74) is -0.253. The molecule has 1 saturated heterocycles. The fraction of sp³-hybridized carbons (Fsp3) is 0.409. The summed E-state index contributed by atoms with van der Waals surface area (Å²) in [6, 6.07) is 13.4. The Morgan fingerprint density at radius 3 is 2.03 bits per heavy atom. The van der Waals surface area contributed by atoms with Gasteiger partial charge in [0.1, 0.15) is 16.4 Å². The van der Waals surface area contributed by atoms with Gasteiger partial charge in [0.25, 0.3) is 0 Å². The van der Waals surface area contributed by atoms with Gasteiger partial charge in [0.15, 0.2) is 13.2 Å². The second-order valence-electron chi connectivity index (χ2n) is 7.88. The standard InChI is InChI=1S/C22H20F6N2O4S/c23-21(24,25)14-33-17-6-7-18(34-15-22(26,27)28)19(12-17)35(31,32)30-10-8-20(13-29,9-11-30)16-4-2-1-3-5-16/h1-7,12H,8-11,14-15H2. The molecular formula is C22H20F6N2O4S. The van der Waals surface area contributed by atoms with Crippen LogP contribution in [-0.4, -0.2) is 51.4 Å². The molecular weight excluding hydrogens is 502 g/mol. The van der Waals surface area contributed by atoms with Crippen molar-refractivity contribution in [3.8, 4) is 17.6 Å². The molecule has 1 heterocycles. The molecule has 0 spiro atoms. The number of piperidine rings is 1. The molecule has 0 saturated carbocycles. The number of sulfonamides is 1. The predicted octanol–water partition coefficient (Wildman–Crippen LogP) is 4.81. The van der Waals surface area contributed by atoms with E-state index >= 15 is 0 Å². The second kappa shape index (κ2) is 9.94. The first-order valence-electron chi connectivity index (χ1n) is 10.3. The SMILES string of the molecule is N#CC1(c2ccccc2)CCN(S(=O)(=O)c2cc(OCC(F)(F)F)ccc2OCC(F)(F)F)CC1. The highest BCUT2D eigenvalue weighted by Gasteiger charge is 2.41. The van der Waals surface area contributed by atoms with Gasteiger partial charge < -0.3 is 9.47 Å². The number of alkyl halides is 6. The molecule has 0 radical (unpaired) electrons. The van der Waals surface area contributed by atoms with Crippen molar-refractivity contribution in [1.29, 1.82) is 5.26 Å². The van der Waals surface area contributed by atoms with Crippen LogP contribution in [0, 0.1) is 11.3 Å². The molecule has 0 unspecified atom stereocenters. The Labute approximate surface area is 197 Å². The lowest BCUT2D eigenvalue weighted by Gasteiger charge is -2.37. The van der Waals surface area contributed by atoms with Crippen LogP contribution < -0.4 is 9.47 Å². The average Bonchev–Trinajstić information content (AvgIpc) is 2.81. The van der Waals surface area contributed by atoms with Crippen LogP contribution in [0.4, 0.5) is 26.3 Å². The van der Waals surface area contributed by atoms with Gasteiger partial charge in [-0.2, -0.15) is 35.9 Å². The van der Waals surface area contributed by atoms with E-state index in [1.807, 2.05) is 0 Å². The summed E-state index contributed by atoms with van der Waals surface area (Å²) in [5, 5.41) is 9.80. The highest BCUT2D eigenvalue weighted by molar-refractivity contribution is 7.89. The number of hydrogen-bond donors (Lipinski definition) is 0. The predicted molar refractivity (Wildman–Crippen MR) is 111 cm³/mol. The van der Waals surface area contributed by atoms with Crippen LogP contribution in [0.1, 0.15) is 18.4 Å². The monoisotopic (exact) mass is 522 g/mol. The Hall–Kier alpha value is -2.98. The summed E-state index contributed by atoms with van der Waals surface area (Å²) in [7, 11) is -4.51. The highest BCUT2D eigenvalue weighted by atomic mass is 32.2. The van der Waals surface area contributed by atoms with Crippen molar-refractivity contribution in [2.24, 2.45) is 0 Å². The van der Waals surface area contributed by atoms with E-state index in [0.717, 1.165) is 16.4 Å². The minimum Gasteiger partial charge on any atom is -0.484 e. The van der Waals surface area contributed by atoms with Crippen molar-refractivity contribution in [1.82, 2.24) is 4.31 Å². The number of nitrogens with zero attached hydrogens (tertiary/aromatic N) is 2. The zero-order valence-electron chi connectivity index (χ0n) is 18.1. The largest absolute Gasteiger partial charge is 0.484 e. The molecule has 0 N–H and O–H groups in total. The zero-order valence-corrected chi connectivity index (χ0v) is 18.9. The van der Waals surface area contributed by atoms with Gasteiger partial charge in [-0.1, -0.05) is 30.3 Å².